The molecular formula is C14H11N3O3. The Labute approximate surface area is 113 Å². The van der Waals surface area contributed by atoms with Gasteiger partial charge in [-0.25, -0.2) is 0 Å². The lowest BCUT2D eigenvalue weighted by Crippen LogP contribution is -2.00. The second-order valence-corrected chi connectivity index (χ2v) is 4.53. The minimum atomic E-state index is -0.454. The van der Waals surface area contributed by atoms with Crippen LogP contribution in [0.25, 0.3) is 10.9 Å². The van der Waals surface area contributed by atoms with Crippen molar-refractivity contribution >= 4 is 16.6 Å². The molecule has 2 aromatic carbocycles. The molecule has 20 heavy (non-hydrogen) atoms. The molecule has 1 heterocycles. The van der Waals surface area contributed by atoms with Crippen LogP contribution in [0.3, 0.4) is 0 Å². The third-order valence-corrected chi connectivity index (χ3v) is 3.21. The number of nitro benzene ring substituents is 1. The fraction of sp³-hybridized carbons (Fsp3) is 0.0714. The highest BCUT2D eigenvalue weighted by molar-refractivity contribution is 5.82. The van der Waals surface area contributed by atoms with E-state index in [9.17, 15) is 14.9 Å². The second-order valence-electron chi connectivity index (χ2n) is 4.53. The van der Waals surface area contributed by atoms with Gasteiger partial charge in [0.25, 0.3) is 11.2 Å². The number of hydrogen-bond donors (Lipinski definition) is 2. The predicted octanol–water partition coefficient (Wildman–Crippen LogP) is 2.36. The van der Waals surface area contributed by atoms with Crippen LogP contribution in [0.5, 0.6) is 0 Å². The van der Waals surface area contributed by atoms with Gasteiger partial charge in [0.05, 0.1) is 15.8 Å². The molecule has 0 saturated heterocycles. The largest absolute Gasteiger partial charge is 0.298 e. The standard InChI is InChI=1S/C14H11N3O3/c18-14-11-8-13(17(19)20)10(7-12(11)15-16-14)6-9-4-2-1-3-5-9/h1-5,7-8H,6H2,(H2,15,16,18). The van der Waals surface area contributed by atoms with Crippen LogP contribution in [-0.2, 0) is 6.42 Å². The fourth-order valence-electron chi connectivity index (χ4n) is 2.24. The number of benzene rings is 2. The summed E-state index contributed by atoms with van der Waals surface area (Å²) in [6, 6.07) is 12.5. The number of aromatic nitrogens is 2. The number of rotatable bonds is 3. The molecule has 3 aromatic rings. The molecule has 2 N–H and O–H groups in total. The van der Waals surface area contributed by atoms with Crippen LogP contribution >= 0.6 is 0 Å². The third-order valence-electron chi connectivity index (χ3n) is 3.21. The number of aromatic amines is 2. The number of nitrogens with one attached hydrogen (secondary N) is 2. The van der Waals surface area contributed by atoms with E-state index >= 15 is 0 Å². The summed E-state index contributed by atoms with van der Waals surface area (Å²) in [7, 11) is 0. The van der Waals surface area contributed by atoms with E-state index in [1.54, 1.807) is 6.07 Å². The van der Waals surface area contributed by atoms with Gasteiger partial charge in [-0.15, -0.1) is 0 Å². The van der Waals surface area contributed by atoms with Crippen molar-refractivity contribution in [3.05, 3.63) is 74.1 Å². The van der Waals surface area contributed by atoms with Crippen molar-refractivity contribution < 1.29 is 4.92 Å². The van der Waals surface area contributed by atoms with Gasteiger partial charge >= 0.3 is 0 Å². The number of hydrogen-bond acceptors (Lipinski definition) is 3. The van der Waals surface area contributed by atoms with E-state index < -0.39 is 4.92 Å². The number of nitro groups is 1. The smallest absolute Gasteiger partial charge is 0.273 e. The van der Waals surface area contributed by atoms with Gasteiger partial charge in [0, 0.05) is 18.1 Å². The summed E-state index contributed by atoms with van der Waals surface area (Å²) in [5, 5.41) is 16.6. The molecule has 0 saturated carbocycles. The molecule has 0 atom stereocenters. The summed E-state index contributed by atoms with van der Waals surface area (Å²) in [6.45, 7) is 0. The molecule has 0 unspecified atom stereocenters. The van der Waals surface area contributed by atoms with Crippen LogP contribution in [0, 0.1) is 10.1 Å². The van der Waals surface area contributed by atoms with E-state index in [0.717, 1.165) is 5.56 Å². The average molecular weight is 269 g/mol. The summed E-state index contributed by atoms with van der Waals surface area (Å²) >= 11 is 0. The van der Waals surface area contributed by atoms with Gasteiger partial charge in [-0.3, -0.25) is 25.1 Å². The number of fused-ring (bicyclic) bond motifs is 1. The maximum Gasteiger partial charge on any atom is 0.273 e. The van der Waals surface area contributed by atoms with Gasteiger partial charge in [0.1, 0.15) is 0 Å². The summed E-state index contributed by atoms with van der Waals surface area (Å²) < 4.78 is 0. The summed E-state index contributed by atoms with van der Waals surface area (Å²) in [5.41, 5.74) is 1.74. The Kier molecular flexibility index (Phi) is 2.83. The molecule has 6 heteroatoms. The summed E-state index contributed by atoms with van der Waals surface area (Å²) in [5.74, 6) is 0. The molecule has 6 nitrogen and oxygen atoms in total. The topological polar surface area (TPSA) is 91.8 Å². The van der Waals surface area contributed by atoms with Gasteiger partial charge in [0.15, 0.2) is 0 Å². The Morgan fingerprint density at radius 3 is 2.55 bits per heavy atom. The van der Waals surface area contributed by atoms with Gasteiger partial charge in [-0.1, -0.05) is 30.3 Å². The Morgan fingerprint density at radius 2 is 1.85 bits per heavy atom. The van der Waals surface area contributed by atoms with Crippen molar-refractivity contribution in [1.82, 2.24) is 10.2 Å². The van der Waals surface area contributed by atoms with Crippen LogP contribution in [0.15, 0.2) is 47.3 Å². The van der Waals surface area contributed by atoms with Crippen LogP contribution < -0.4 is 5.56 Å². The predicted molar refractivity (Wildman–Crippen MR) is 74.8 cm³/mol. The maximum absolute atomic E-state index is 11.5. The van der Waals surface area contributed by atoms with Gasteiger partial charge in [-0.2, -0.15) is 0 Å². The summed E-state index contributed by atoms with van der Waals surface area (Å²) in [4.78, 5) is 22.2. The zero-order chi connectivity index (χ0) is 14.1. The lowest BCUT2D eigenvalue weighted by Gasteiger charge is -2.03. The minimum Gasteiger partial charge on any atom is -0.298 e. The fourth-order valence-corrected chi connectivity index (χ4v) is 2.24. The molecule has 0 amide bonds. The average Bonchev–Trinajstić information content (AvgIpc) is 2.80. The van der Waals surface area contributed by atoms with Crippen LogP contribution in [0.4, 0.5) is 5.69 Å². The lowest BCUT2D eigenvalue weighted by atomic mass is 10.0. The first-order valence-electron chi connectivity index (χ1n) is 6.07. The van der Waals surface area contributed by atoms with Gasteiger partial charge in [0.2, 0.25) is 0 Å². The van der Waals surface area contributed by atoms with E-state index in [1.807, 2.05) is 30.3 Å². The number of H-pyrrole nitrogens is 2. The van der Waals surface area contributed by atoms with Crippen LogP contribution in [0.1, 0.15) is 11.1 Å². The Morgan fingerprint density at radius 1 is 1.10 bits per heavy atom. The first-order valence-corrected chi connectivity index (χ1v) is 6.07. The molecule has 0 radical (unpaired) electrons. The molecule has 100 valence electrons. The molecular weight excluding hydrogens is 258 g/mol. The molecule has 1 aromatic heterocycles. The first-order chi connectivity index (χ1) is 9.65. The SMILES string of the molecule is O=c1[nH][nH]c2cc(Cc3ccccc3)c([N+](=O)[O-])cc12. The van der Waals surface area contributed by atoms with Crippen LogP contribution in [-0.4, -0.2) is 15.1 Å². The maximum atomic E-state index is 11.5. The zero-order valence-electron chi connectivity index (χ0n) is 10.4. The van der Waals surface area contributed by atoms with E-state index in [0.29, 0.717) is 22.9 Å². The van der Waals surface area contributed by atoms with E-state index in [4.69, 9.17) is 0 Å². The quantitative estimate of drug-likeness (QED) is 0.564. The zero-order valence-corrected chi connectivity index (χ0v) is 10.4. The molecule has 0 fully saturated rings. The Balaban J connectivity index is 2.15. The highest BCUT2D eigenvalue weighted by Crippen LogP contribution is 2.25. The van der Waals surface area contributed by atoms with Crippen molar-refractivity contribution in [2.45, 2.75) is 6.42 Å². The highest BCUT2D eigenvalue weighted by Gasteiger charge is 2.17. The van der Waals surface area contributed by atoms with E-state index in [-0.39, 0.29) is 11.2 Å². The Bertz CT molecular complexity index is 834. The van der Waals surface area contributed by atoms with Crippen molar-refractivity contribution in [3.8, 4) is 0 Å². The second kappa shape index (κ2) is 4.65. The summed E-state index contributed by atoms with van der Waals surface area (Å²) in [6.07, 6.45) is 0.445. The van der Waals surface area contributed by atoms with Crippen LogP contribution in [0.2, 0.25) is 0 Å². The first kappa shape index (κ1) is 12.2. The molecule has 0 aliphatic rings. The van der Waals surface area contributed by atoms with E-state index in [1.165, 1.54) is 6.07 Å². The molecule has 0 spiro atoms. The van der Waals surface area contributed by atoms with Gasteiger partial charge in [-0.05, 0) is 11.6 Å². The number of nitrogens with zero attached hydrogens (tertiary/aromatic N) is 1. The Hall–Kier alpha value is -2.89. The van der Waals surface area contributed by atoms with Crippen molar-refractivity contribution in [3.63, 3.8) is 0 Å². The lowest BCUT2D eigenvalue weighted by molar-refractivity contribution is -0.385. The molecule has 0 aliphatic heterocycles. The van der Waals surface area contributed by atoms with E-state index in [2.05, 4.69) is 10.2 Å². The normalized spacial score (nSPS) is 10.8. The van der Waals surface area contributed by atoms with Crippen molar-refractivity contribution in [2.75, 3.05) is 0 Å². The highest BCUT2D eigenvalue weighted by atomic mass is 16.6. The minimum absolute atomic E-state index is 0.0357. The molecule has 0 aliphatic carbocycles. The molecule has 0 bridgehead atoms. The molecule has 3 rings (SSSR count). The monoisotopic (exact) mass is 269 g/mol. The van der Waals surface area contributed by atoms with Crippen molar-refractivity contribution in [2.24, 2.45) is 0 Å². The third kappa shape index (κ3) is 2.07. The van der Waals surface area contributed by atoms with Gasteiger partial charge < -0.3 is 0 Å². The van der Waals surface area contributed by atoms with Crippen molar-refractivity contribution in [1.29, 1.82) is 0 Å².